The Hall–Kier alpha value is -1.43. The zero-order valence-electron chi connectivity index (χ0n) is 10.2. The first-order valence-electron chi connectivity index (χ1n) is 5.90. The summed E-state index contributed by atoms with van der Waals surface area (Å²) < 4.78 is 1.55. The number of aromatic nitrogens is 3. The molecule has 6 heteroatoms. The quantitative estimate of drug-likeness (QED) is 0.809. The van der Waals surface area contributed by atoms with Crippen LogP contribution in [0.1, 0.15) is 26.3 Å². The Morgan fingerprint density at radius 3 is 2.82 bits per heavy atom. The number of likely N-dealkylation sites (tertiary alicyclic amines) is 1. The molecular weight excluding hydrogens is 220 g/mol. The second-order valence-corrected chi connectivity index (χ2v) is 4.63. The van der Waals surface area contributed by atoms with Crippen molar-refractivity contribution in [3.63, 3.8) is 0 Å². The van der Waals surface area contributed by atoms with E-state index in [0.717, 1.165) is 6.42 Å². The molecule has 6 nitrogen and oxygen atoms in total. The number of carbonyl (C=O) groups is 1. The van der Waals surface area contributed by atoms with Crippen molar-refractivity contribution < 1.29 is 9.90 Å². The minimum Gasteiger partial charge on any atom is -0.393 e. The Balaban J connectivity index is 1.97. The van der Waals surface area contributed by atoms with Gasteiger partial charge in [0.2, 0.25) is 5.91 Å². The van der Waals surface area contributed by atoms with Crippen LogP contribution in [-0.2, 0) is 4.79 Å². The van der Waals surface area contributed by atoms with E-state index >= 15 is 0 Å². The molecule has 1 fully saturated rings. The topological polar surface area (TPSA) is 71.2 Å². The van der Waals surface area contributed by atoms with Gasteiger partial charge in [0.1, 0.15) is 18.7 Å². The van der Waals surface area contributed by atoms with Crippen LogP contribution in [0.5, 0.6) is 0 Å². The zero-order valence-corrected chi connectivity index (χ0v) is 10.2. The standard InChI is InChI=1S/C11H18N4O2/c1-8(15-7-12-6-13-15)11(17)14-4-3-10(5-14)9(2)16/h6-10,16H,3-5H2,1-2H3. The van der Waals surface area contributed by atoms with Crippen LogP contribution in [0.15, 0.2) is 12.7 Å². The number of hydrogen-bond donors (Lipinski definition) is 1. The van der Waals surface area contributed by atoms with E-state index in [1.807, 2.05) is 6.92 Å². The van der Waals surface area contributed by atoms with E-state index in [-0.39, 0.29) is 24.0 Å². The van der Waals surface area contributed by atoms with Crippen LogP contribution in [-0.4, -0.2) is 49.9 Å². The monoisotopic (exact) mass is 238 g/mol. The van der Waals surface area contributed by atoms with Crippen molar-refractivity contribution >= 4 is 5.91 Å². The van der Waals surface area contributed by atoms with E-state index in [1.54, 1.807) is 22.8 Å². The number of rotatable bonds is 3. The lowest BCUT2D eigenvalue weighted by Gasteiger charge is -2.21. The third-order valence-electron chi connectivity index (χ3n) is 3.41. The molecule has 1 aromatic rings. The number of hydrogen-bond acceptors (Lipinski definition) is 4. The van der Waals surface area contributed by atoms with Crippen molar-refractivity contribution in [2.75, 3.05) is 13.1 Å². The molecular formula is C11H18N4O2. The second-order valence-electron chi connectivity index (χ2n) is 4.63. The van der Waals surface area contributed by atoms with E-state index in [2.05, 4.69) is 10.1 Å². The molecule has 2 heterocycles. The Morgan fingerprint density at radius 2 is 2.29 bits per heavy atom. The van der Waals surface area contributed by atoms with Gasteiger partial charge in [-0.1, -0.05) is 0 Å². The predicted octanol–water partition coefficient (Wildman–Crippen LogP) is 0.0684. The molecule has 0 radical (unpaired) electrons. The summed E-state index contributed by atoms with van der Waals surface area (Å²) in [5, 5.41) is 13.5. The Kier molecular flexibility index (Phi) is 3.42. The first-order valence-corrected chi connectivity index (χ1v) is 5.90. The van der Waals surface area contributed by atoms with Crippen LogP contribution in [0.3, 0.4) is 0 Å². The van der Waals surface area contributed by atoms with Crippen LogP contribution < -0.4 is 0 Å². The Morgan fingerprint density at radius 1 is 1.53 bits per heavy atom. The van der Waals surface area contributed by atoms with Crippen molar-refractivity contribution in [3.05, 3.63) is 12.7 Å². The van der Waals surface area contributed by atoms with Gasteiger partial charge in [0, 0.05) is 19.0 Å². The Bertz CT molecular complexity index is 377. The number of aliphatic hydroxyl groups is 1. The molecule has 0 aromatic carbocycles. The molecule has 1 saturated heterocycles. The molecule has 1 amide bonds. The molecule has 1 N–H and O–H groups in total. The van der Waals surface area contributed by atoms with Crippen molar-refractivity contribution in [1.82, 2.24) is 19.7 Å². The summed E-state index contributed by atoms with van der Waals surface area (Å²) in [5.41, 5.74) is 0. The number of amides is 1. The first-order chi connectivity index (χ1) is 8.09. The third-order valence-corrected chi connectivity index (χ3v) is 3.41. The van der Waals surface area contributed by atoms with Crippen LogP contribution in [0.4, 0.5) is 0 Å². The van der Waals surface area contributed by atoms with Gasteiger partial charge in [-0.3, -0.25) is 4.79 Å². The predicted molar refractivity (Wildman–Crippen MR) is 61.1 cm³/mol. The van der Waals surface area contributed by atoms with E-state index in [1.165, 1.54) is 6.33 Å². The average Bonchev–Trinajstić information content (AvgIpc) is 2.97. The van der Waals surface area contributed by atoms with Gasteiger partial charge in [0.05, 0.1) is 6.10 Å². The highest BCUT2D eigenvalue weighted by atomic mass is 16.3. The highest BCUT2D eigenvalue weighted by Crippen LogP contribution is 2.22. The average molecular weight is 238 g/mol. The lowest BCUT2D eigenvalue weighted by molar-refractivity contribution is -0.133. The van der Waals surface area contributed by atoms with Gasteiger partial charge < -0.3 is 10.0 Å². The highest BCUT2D eigenvalue weighted by Gasteiger charge is 2.31. The number of aliphatic hydroxyl groups excluding tert-OH is 1. The fourth-order valence-corrected chi connectivity index (χ4v) is 2.18. The second kappa shape index (κ2) is 4.83. The first kappa shape index (κ1) is 12.0. The van der Waals surface area contributed by atoms with Gasteiger partial charge in [-0.15, -0.1) is 0 Å². The minimum atomic E-state index is -0.352. The molecule has 0 bridgehead atoms. The summed E-state index contributed by atoms with van der Waals surface area (Å²) in [6.07, 6.45) is 3.49. The molecule has 3 atom stereocenters. The van der Waals surface area contributed by atoms with E-state index < -0.39 is 0 Å². The largest absolute Gasteiger partial charge is 0.393 e. The minimum absolute atomic E-state index is 0.0404. The summed E-state index contributed by atoms with van der Waals surface area (Å²) in [6, 6.07) is -0.328. The summed E-state index contributed by atoms with van der Waals surface area (Å²) in [5.74, 6) is 0.237. The van der Waals surface area contributed by atoms with Gasteiger partial charge in [0.15, 0.2) is 0 Å². The van der Waals surface area contributed by atoms with E-state index in [4.69, 9.17) is 0 Å². The molecule has 17 heavy (non-hydrogen) atoms. The summed E-state index contributed by atoms with van der Waals surface area (Å²) in [4.78, 5) is 17.8. The fraction of sp³-hybridized carbons (Fsp3) is 0.727. The molecule has 0 spiro atoms. The van der Waals surface area contributed by atoms with Crippen LogP contribution in [0.25, 0.3) is 0 Å². The maximum absolute atomic E-state index is 12.2. The van der Waals surface area contributed by atoms with Crippen LogP contribution >= 0.6 is 0 Å². The summed E-state index contributed by atoms with van der Waals surface area (Å²) >= 11 is 0. The smallest absolute Gasteiger partial charge is 0.247 e. The summed E-state index contributed by atoms with van der Waals surface area (Å²) in [6.45, 7) is 4.94. The van der Waals surface area contributed by atoms with Gasteiger partial charge >= 0.3 is 0 Å². The molecule has 0 aliphatic carbocycles. The van der Waals surface area contributed by atoms with Gasteiger partial charge in [-0.05, 0) is 20.3 Å². The van der Waals surface area contributed by atoms with Gasteiger partial charge in [0.25, 0.3) is 0 Å². The highest BCUT2D eigenvalue weighted by molar-refractivity contribution is 5.80. The van der Waals surface area contributed by atoms with E-state index in [0.29, 0.717) is 13.1 Å². The normalized spacial score (nSPS) is 23.7. The molecule has 0 saturated carbocycles. The molecule has 1 aliphatic rings. The van der Waals surface area contributed by atoms with Gasteiger partial charge in [-0.2, -0.15) is 5.10 Å². The van der Waals surface area contributed by atoms with Crippen LogP contribution in [0, 0.1) is 5.92 Å². The molecule has 1 aromatic heterocycles. The number of carbonyl (C=O) groups excluding carboxylic acids is 1. The SMILES string of the molecule is CC(O)C1CCN(C(=O)C(C)n2cncn2)C1. The van der Waals surface area contributed by atoms with E-state index in [9.17, 15) is 9.90 Å². The van der Waals surface area contributed by atoms with Crippen LogP contribution in [0.2, 0.25) is 0 Å². The maximum Gasteiger partial charge on any atom is 0.247 e. The number of nitrogens with zero attached hydrogens (tertiary/aromatic N) is 4. The molecule has 3 unspecified atom stereocenters. The zero-order chi connectivity index (χ0) is 12.4. The maximum atomic E-state index is 12.2. The third kappa shape index (κ3) is 2.46. The molecule has 1 aliphatic heterocycles. The van der Waals surface area contributed by atoms with Crippen molar-refractivity contribution in [2.24, 2.45) is 5.92 Å². The lowest BCUT2D eigenvalue weighted by Crippen LogP contribution is -2.35. The van der Waals surface area contributed by atoms with Crippen molar-refractivity contribution in [3.8, 4) is 0 Å². The summed E-state index contributed by atoms with van der Waals surface area (Å²) in [7, 11) is 0. The van der Waals surface area contributed by atoms with Crippen molar-refractivity contribution in [2.45, 2.75) is 32.4 Å². The lowest BCUT2D eigenvalue weighted by atomic mass is 10.0. The Labute approximate surface area is 100 Å². The molecule has 94 valence electrons. The van der Waals surface area contributed by atoms with Crippen molar-refractivity contribution in [1.29, 1.82) is 0 Å². The molecule has 2 rings (SSSR count). The fourth-order valence-electron chi connectivity index (χ4n) is 2.18. The van der Waals surface area contributed by atoms with Gasteiger partial charge in [-0.25, -0.2) is 9.67 Å².